The van der Waals surface area contributed by atoms with Crippen LogP contribution in [-0.4, -0.2) is 11.5 Å². The van der Waals surface area contributed by atoms with Crippen molar-refractivity contribution in [1.82, 2.24) is 0 Å². The standard InChI is InChI=1S/C11H16N2O3/c1-8(2)6-7-16-10-5-3-4-9(12)11(10)13(14)15/h3-5,8H,6-7,12H2,1-2H3. The summed E-state index contributed by atoms with van der Waals surface area (Å²) >= 11 is 0. The first kappa shape index (κ1) is 12.3. The Morgan fingerprint density at radius 2 is 2.19 bits per heavy atom. The Morgan fingerprint density at radius 3 is 2.75 bits per heavy atom. The van der Waals surface area contributed by atoms with Crippen LogP contribution < -0.4 is 10.5 Å². The normalized spacial score (nSPS) is 10.4. The fraction of sp³-hybridized carbons (Fsp3) is 0.455. The number of nitro groups is 1. The average Bonchev–Trinajstić information content (AvgIpc) is 2.16. The van der Waals surface area contributed by atoms with Crippen LogP contribution in [0, 0.1) is 16.0 Å². The Morgan fingerprint density at radius 1 is 1.50 bits per heavy atom. The third kappa shape index (κ3) is 3.12. The van der Waals surface area contributed by atoms with Gasteiger partial charge in [-0.1, -0.05) is 19.9 Å². The Labute approximate surface area is 94.4 Å². The molecule has 2 N–H and O–H groups in total. The number of hydrogen-bond acceptors (Lipinski definition) is 4. The Balaban J connectivity index is 2.79. The Bertz CT molecular complexity index is 377. The number of benzene rings is 1. The summed E-state index contributed by atoms with van der Waals surface area (Å²) in [6.07, 6.45) is 0.853. The van der Waals surface area contributed by atoms with Crippen molar-refractivity contribution in [3.63, 3.8) is 0 Å². The molecule has 0 unspecified atom stereocenters. The van der Waals surface area contributed by atoms with Gasteiger partial charge in [0.2, 0.25) is 0 Å². The summed E-state index contributed by atoms with van der Waals surface area (Å²) in [6.45, 7) is 4.59. The van der Waals surface area contributed by atoms with E-state index < -0.39 is 4.92 Å². The van der Waals surface area contributed by atoms with Crippen molar-refractivity contribution < 1.29 is 9.66 Å². The summed E-state index contributed by atoms with van der Waals surface area (Å²) in [4.78, 5) is 10.3. The van der Waals surface area contributed by atoms with E-state index in [4.69, 9.17) is 10.5 Å². The minimum Gasteiger partial charge on any atom is -0.487 e. The van der Waals surface area contributed by atoms with E-state index in [1.807, 2.05) is 0 Å². The number of nitrogens with zero attached hydrogens (tertiary/aromatic N) is 1. The first-order chi connectivity index (χ1) is 7.52. The molecule has 0 heterocycles. The zero-order valence-corrected chi connectivity index (χ0v) is 9.47. The number of nitrogen functional groups attached to an aromatic ring is 1. The SMILES string of the molecule is CC(C)CCOc1cccc(N)c1[N+](=O)[O-]. The highest BCUT2D eigenvalue weighted by atomic mass is 16.6. The van der Waals surface area contributed by atoms with E-state index in [-0.39, 0.29) is 17.1 Å². The number of hydrogen-bond donors (Lipinski definition) is 1. The van der Waals surface area contributed by atoms with Gasteiger partial charge in [0.25, 0.3) is 0 Å². The largest absolute Gasteiger partial charge is 0.487 e. The lowest BCUT2D eigenvalue weighted by Gasteiger charge is -2.09. The van der Waals surface area contributed by atoms with Crippen LogP contribution in [0.15, 0.2) is 18.2 Å². The van der Waals surface area contributed by atoms with Crippen molar-refractivity contribution in [2.24, 2.45) is 5.92 Å². The van der Waals surface area contributed by atoms with E-state index in [0.717, 1.165) is 6.42 Å². The molecule has 0 aliphatic heterocycles. The molecule has 5 heteroatoms. The van der Waals surface area contributed by atoms with Gasteiger partial charge in [-0.3, -0.25) is 10.1 Å². The number of anilines is 1. The predicted octanol–water partition coefficient (Wildman–Crippen LogP) is 2.60. The topological polar surface area (TPSA) is 78.4 Å². The van der Waals surface area contributed by atoms with Gasteiger partial charge in [0, 0.05) is 0 Å². The first-order valence-corrected chi connectivity index (χ1v) is 5.18. The van der Waals surface area contributed by atoms with Gasteiger partial charge in [-0.15, -0.1) is 0 Å². The number of rotatable bonds is 5. The minimum atomic E-state index is -0.514. The highest BCUT2D eigenvalue weighted by Gasteiger charge is 2.18. The molecule has 0 atom stereocenters. The smallest absolute Gasteiger partial charge is 0.333 e. The van der Waals surface area contributed by atoms with Crippen LogP contribution in [0.4, 0.5) is 11.4 Å². The molecule has 5 nitrogen and oxygen atoms in total. The van der Waals surface area contributed by atoms with E-state index in [9.17, 15) is 10.1 Å². The molecular formula is C11H16N2O3. The van der Waals surface area contributed by atoms with Gasteiger partial charge in [0.15, 0.2) is 5.75 Å². The average molecular weight is 224 g/mol. The van der Waals surface area contributed by atoms with E-state index >= 15 is 0 Å². The summed E-state index contributed by atoms with van der Waals surface area (Å²) in [7, 11) is 0. The molecule has 1 aromatic carbocycles. The highest BCUT2D eigenvalue weighted by Crippen LogP contribution is 2.32. The number of para-hydroxylation sites is 1. The van der Waals surface area contributed by atoms with E-state index in [1.54, 1.807) is 12.1 Å². The molecule has 0 spiro atoms. The third-order valence-electron chi connectivity index (χ3n) is 2.17. The van der Waals surface area contributed by atoms with Gasteiger partial charge in [-0.2, -0.15) is 0 Å². The molecule has 0 aromatic heterocycles. The van der Waals surface area contributed by atoms with E-state index in [1.165, 1.54) is 6.07 Å². The summed E-state index contributed by atoms with van der Waals surface area (Å²) in [5, 5.41) is 10.8. The molecule has 0 radical (unpaired) electrons. The van der Waals surface area contributed by atoms with E-state index in [2.05, 4.69) is 13.8 Å². The summed E-state index contributed by atoms with van der Waals surface area (Å²) in [6, 6.07) is 4.70. The van der Waals surface area contributed by atoms with Gasteiger partial charge in [-0.25, -0.2) is 0 Å². The van der Waals surface area contributed by atoms with Gasteiger partial charge in [0.1, 0.15) is 5.69 Å². The van der Waals surface area contributed by atoms with Crippen LogP contribution in [0.2, 0.25) is 0 Å². The third-order valence-corrected chi connectivity index (χ3v) is 2.17. The van der Waals surface area contributed by atoms with Crippen molar-refractivity contribution in [2.75, 3.05) is 12.3 Å². The van der Waals surface area contributed by atoms with Gasteiger partial charge in [0.05, 0.1) is 11.5 Å². The van der Waals surface area contributed by atoms with Crippen molar-refractivity contribution in [3.05, 3.63) is 28.3 Å². The molecule has 16 heavy (non-hydrogen) atoms. The van der Waals surface area contributed by atoms with Crippen molar-refractivity contribution >= 4 is 11.4 Å². The number of nitrogens with two attached hydrogens (primary N) is 1. The van der Waals surface area contributed by atoms with Gasteiger partial charge in [-0.05, 0) is 24.5 Å². The zero-order valence-electron chi connectivity index (χ0n) is 9.47. The molecule has 0 saturated heterocycles. The van der Waals surface area contributed by atoms with Crippen LogP contribution in [0.1, 0.15) is 20.3 Å². The second-order valence-electron chi connectivity index (χ2n) is 3.98. The second kappa shape index (κ2) is 5.34. The van der Waals surface area contributed by atoms with Crippen LogP contribution in [-0.2, 0) is 0 Å². The number of nitro benzene ring substituents is 1. The molecule has 0 fully saturated rings. The van der Waals surface area contributed by atoms with Crippen molar-refractivity contribution in [2.45, 2.75) is 20.3 Å². The highest BCUT2D eigenvalue weighted by molar-refractivity contribution is 5.65. The minimum absolute atomic E-state index is 0.132. The molecule has 1 rings (SSSR count). The quantitative estimate of drug-likeness (QED) is 0.473. The fourth-order valence-corrected chi connectivity index (χ4v) is 1.26. The maximum Gasteiger partial charge on any atom is 0.333 e. The molecule has 0 saturated carbocycles. The molecule has 88 valence electrons. The van der Waals surface area contributed by atoms with Crippen LogP contribution in [0.5, 0.6) is 5.75 Å². The lowest BCUT2D eigenvalue weighted by Crippen LogP contribution is -2.04. The summed E-state index contributed by atoms with van der Waals surface area (Å²) < 4.78 is 5.37. The number of ether oxygens (including phenoxy) is 1. The van der Waals surface area contributed by atoms with Gasteiger partial charge < -0.3 is 10.5 Å². The Kier molecular flexibility index (Phi) is 4.10. The monoisotopic (exact) mass is 224 g/mol. The van der Waals surface area contributed by atoms with Crippen LogP contribution >= 0.6 is 0 Å². The van der Waals surface area contributed by atoms with E-state index in [0.29, 0.717) is 12.5 Å². The molecule has 0 aliphatic rings. The second-order valence-corrected chi connectivity index (χ2v) is 3.98. The summed E-state index contributed by atoms with van der Waals surface area (Å²) in [5.74, 6) is 0.741. The predicted molar refractivity (Wildman–Crippen MR) is 62.5 cm³/mol. The molecular weight excluding hydrogens is 208 g/mol. The maximum atomic E-state index is 10.8. The maximum absolute atomic E-state index is 10.8. The molecule has 1 aromatic rings. The lowest BCUT2D eigenvalue weighted by molar-refractivity contribution is -0.384. The van der Waals surface area contributed by atoms with Gasteiger partial charge >= 0.3 is 5.69 Å². The van der Waals surface area contributed by atoms with Crippen molar-refractivity contribution in [3.8, 4) is 5.75 Å². The first-order valence-electron chi connectivity index (χ1n) is 5.18. The Hall–Kier alpha value is -1.78. The molecule has 0 amide bonds. The molecule has 0 bridgehead atoms. The zero-order chi connectivity index (χ0) is 12.1. The molecule has 0 aliphatic carbocycles. The summed E-state index contributed by atoms with van der Waals surface area (Å²) in [5.41, 5.74) is 5.52. The fourth-order valence-electron chi connectivity index (χ4n) is 1.26. The van der Waals surface area contributed by atoms with Crippen molar-refractivity contribution in [1.29, 1.82) is 0 Å². The van der Waals surface area contributed by atoms with Crippen LogP contribution in [0.3, 0.4) is 0 Å². The van der Waals surface area contributed by atoms with Crippen LogP contribution in [0.25, 0.3) is 0 Å². The lowest BCUT2D eigenvalue weighted by atomic mass is 10.1.